The topological polar surface area (TPSA) is 63.7 Å². The van der Waals surface area contributed by atoms with Gasteiger partial charge in [0.2, 0.25) is 5.78 Å². The number of rotatable bonds is 5. The lowest BCUT2D eigenvalue weighted by Gasteiger charge is -2.33. The first-order valence-electron chi connectivity index (χ1n) is 8.54. The normalized spacial score (nSPS) is 16.0. The van der Waals surface area contributed by atoms with E-state index in [0.29, 0.717) is 6.61 Å². The molecule has 8 nitrogen and oxygen atoms in total. The lowest BCUT2D eigenvalue weighted by Crippen LogP contribution is -2.44. The fourth-order valence-electron chi connectivity index (χ4n) is 3.09. The van der Waals surface area contributed by atoms with E-state index in [2.05, 4.69) is 31.3 Å². The molecule has 0 amide bonds. The van der Waals surface area contributed by atoms with Gasteiger partial charge in [-0.1, -0.05) is 0 Å². The van der Waals surface area contributed by atoms with E-state index in [0.717, 1.165) is 55.6 Å². The van der Waals surface area contributed by atoms with Crippen molar-refractivity contribution >= 4 is 11.6 Å². The van der Waals surface area contributed by atoms with Gasteiger partial charge in [0, 0.05) is 51.2 Å². The van der Waals surface area contributed by atoms with Gasteiger partial charge in [0.05, 0.1) is 31.2 Å². The third-order valence-electron chi connectivity index (χ3n) is 4.64. The van der Waals surface area contributed by atoms with Crippen molar-refractivity contribution in [3.63, 3.8) is 0 Å². The van der Waals surface area contributed by atoms with Gasteiger partial charge in [0.15, 0.2) is 0 Å². The second-order valence-corrected chi connectivity index (χ2v) is 6.37. The molecule has 132 valence electrons. The molecule has 0 aromatic carbocycles. The minimum Gasteiger partial charge on any atom is -0.383 e. The molecule has 4 heterocycles. The van der Waals surface area contributed by atoms with Crippen molar-refractivity contribution in [2.75, 3.05) is 51.8 Å². The highest BCUT2D eigenvalue weighted by atomic mass is 16.5. The largest absolute Gasteiger partial charge is 0.383 e. The van der Waals surface area contributed by atoms with Crippen LogP contribution in [-0.2, 0) is 11.3 Å². The number of piperazine rings is 1. The van der Waals surface area contributed by atoms with E-state index in [1.54, 1.807) is 7.11 Å². The van der Waals surface area contributed by atoms with Crippen molar-refractivity contribution in [3.05, 3.63) is 30.9 Å². The van der Waals surface area contributed by atoms with E-state index in [1.165, 1.54) is 0 Å². The molecule has 4 rings (SSSR count). The highest BCUT2D eigenvalue weighted by Crippen LogP contribution is 2.21. The van der Waals surface area contributed by atoms with Crippen molar-refractivity contribution < 1.29 is 4.74 Å². The van der Waals surface area contributed by atoms with Gasteiger partial charge in [-0.3, -0.25) is 9.08 Å². The molecule has 3 aromatic rings. The first-order chi connectivity index (χ1) is 12.2. The van der Waals surface area contributed by atoms with Gasteiger partial charge in [0.25, 0.3) is 0 Å². The van der Waals surface area contributed by atoms with E-state index in [4.69, 9.17) is 9.72 Å². The zero-order chi connectivity index (χ0) is 17.2. The summed E-state index contributed by atoms with van der Waals surface area (Å²) in [5.74, 6) is 1.83. The number of fused-ring (bicyclic) bond motifs is 1. The van der Waals surface area contributed by atoms with Crippen LogP contribution >= 0.6 is 0 Å². The molecule has 1 fully saturated rings. The number of likely N-dealkylation sites (N-methyl/N-ethyl adjacent to an activating group) is 1. The first-order valence-corrected chi connectivity index (χ1v) is 8.54. The SMILES string of the molecule is COCCn1cc(-c2ccn3c(N4CCN(C)CC4)cnc3n2)cn1. The summed E-state index contributed by atoms with van der Waals surface area (Å²) >= 11 is 0. The molecule has 0 aliphatic carbocycles. The number of hydrogen-bond acceptors (Lipinski definition) is 6. The Morgan fingerprint density at radius 3 is 2.80 bits per heavy atom. The van der Waals surface area contributed by atoms with Gasteiger partial charge in [0.1, 0.15) is 5.82 Å². The lowest BCUT2D eigenvalue weighted by atomic mass is 10.2. The minimum atomic E-state index is 0.641. The fraction of sp³-hybridized carbons (Fsp3) is 0.471. The molecular weight excluding hydrogens is 318 g/mol. The molecule has 0 saturated carbocycles. The molecular formula is C17H23N7O. The molecule has 25 heavy (non-hydrogen) atoms. The lowest BCUT2D eigenvalue weighted by molar-refractivity contribution is 0.183. The van der Waals surface area contributed by atoms with E-state index in [1.807, 2.05) is 35.5 Å². The van der Waals surface area contributed by atoms with E-state index in [9.17, 15) is 0 Å². The Balaban J connectivity index is 1.58. The van der Waals surface area contributed by atoms with Gasteiger partial charge in [-0.25, -0.2) is 9.97 Å². The Morgan fingerprint density at radius 1 is 1.16 bits per heavy atom. The van der Waals surface area contributed by atoms with Gasteiger partial charge in [-0.2, -0.15) is 5.10 Å². The second kappa shape index (κ2) is 6.81. The molecule has 0 radical (unpaired) electrons. The molecule has 3 aromatic heterocycles. The second-order valence-electron chi connectivity index (χ2n) is 6.37. The number of ether oxygens (including phenoxy) is 1. The predicted molar refractivity (Wildman–Crippen MR) is 95.8 cm³/mol. The summed E-state index contributed by atoms with van der Waals surface area (Å²) in [4.78, 5) is 13.9. The molecule has 8 heteroatoms. The molecule has 1 aliphatic heterocycles. The highest BCUT2D eigenvalue weighted by Gasteiger charge is 2.18. The highest BCUT2D eigenvalue weighted by molar-refractivity contribution is 5.60. The Hall–Kier alpha value is -2.45. The van der Waals surface area contributed by atoms with Crippen LogP contribution in [-0.4, -0.2) is 76.0 Å². The monoisotopic (exact) mass is 341 g/mol. The summed E-state index contributed by atoms with van der Waals surface area (Å²) in [5, 5.41) is 4.35. The maximum absolute atomic E-state index is 5.09. The van der Waals surface area contributed by atoms with Crippen LogP contribution in [0, 0.1) is 0 Å². The van der Waals surface area contributed by atoms with Crippen LogP contribution in [0.25, 0.3) is 17.0 Å². The smallest absolute Gasteiger partial charge is 0.235 e. The number of nitrogens with zero attached hydrogens (tertiary/aromatic N) is 7. The zero-order valence-electron chi connectivity index (χ0n) is 14.7. The van der Waals surface area contributed by atoms with E-state index < -0.39 is 0 Å². The van der Waals surface area contributed by atoms with Crippen LogP contribution in [0.15, 0.2) is 30.9 Å². The summed E-state index contributed by atoms with van der Waals surface area (Å²) in [5.41, 5.74) is 1.87. The van der Waals surface area contributed by atoms with Gasteiger partial charge in [-0.05, 0) is 13.1 Å². The van der Waals surface area contributed by atoms with Crippen molar-refractivity contribution in [1.29, 1.82) is 0 Å². The molecule has 0 atom stereocenters. The average Bonchev–Trinajstić information content (AvgIpc) is 3.27. The van der Waals surface area contributed by atoms with Crippen molar-refractivity contribution in [2.24, 2.45) is 0 Å². The summed E-state index contributed by atoms with van der Waals surface area (Å²) < 4.78 is 9.01. The quantitative estimate of drug-likeness (QED) is 0.690. The Bertz CT molecular complexity index is 848. The Morgan fingerprint density at radius 2 is 2.00 bits per heavy atom. The standard InChI is InChI=1S/C17H23N7O/c1-21-5-7-22(8-6-21)16-12-18-17-20-15(3-4-24(16)17)14-11-19-23(13-14)9-10-25-2/h3-4,11-13H,5-10H2,1-2H3. The Labute approximate surface area is 146 Å². The molecule has 1 saturated heterocycles. The summed E-state index contributed by atoms with van der Waals surface area (Å²) in [6.07, 6.45) is 7.78. The van der Waals surface area contributed by atoms with Crippen molar-refractivity contribution in [3.8, 4) is 11.3 Å². The van der Waals surface area contributed by atoms with E-state index >= 15 is 0 Å². The number of imidazole rings is 1. The van der Waals surface area contributed by atoms with Crippen LogP contribution in [0.2, 0.25) is 0 Å². The van der Waals surface area contributed by atoms with Crippen LogP contribution in [0.3, 0.4) is 0 Å². The third kappa shape index (κ3) is 3.22. The number of methoxy groups -OCH3 is 1. The van der Waals surface area contributed by atoms with Crippen molar-refractivity contribution in [2.45, 2.75) is 6.54 Å². The maximum atomic E-state index is 5.09. The van der Waals surface area contributed by atoms with Crippen LogP contribution < -0.4 is 4.90 Å². The van der Waals surface area contributed by atoms with Crippen LogP contribution in [0.4, 0.5) is 5.82 Å². The maximum Gasteiger partial charge on any atom is 0.235 e. The van der Waals surface area contributed by atoms with Crippen molar-refractivity contribution in [1.82, 2.24) is 29.0 Å². The van der Waals surface area contributed by atoms with Crippen LogP contribution in [0.5, 0.6) is 0 Å². The van der Waals surface area contributed by atoms with Gasteiger partial charge < -0.3 is 14.5 Å². The van der Waals surface area contributed by atoms with Gasteiger partial charge in [-0.15, -0.1) is 0 Å². The molecule has 0 unspecified atom stereocenters. The summed E-state index contributed by atoms with van der Waals surface area (Å²) in [6.45, 7) is 5.54. The minimum absolute atomic E-state index is 0.641. The number of hydrogen-bond donors (Lipinski definition) is 0. The molecule has 0 N–H and O–H groups in total. The zero-order valence-corrected chi connectivity index (χ0v) is 14.7. The number of anilines is 1. The van der Waals surface area contributed by atoms with Gasteiger partial charge >= 0.3 is 0 Å². The Kier molecular flexibility index (Phi) is 4.37. The predicted octanol–water partition coefficient (Wildman–Crippen LogP) is 0.991. The summed E-state index contributed by atoms with van der Waals surface area (Å²) in [6, 6.07) is 2.02. The first kappa shape index (κ1) is 16.0. The fourth-order valence-corrected chi connectivity index (χ4v) is 3.09. The number of aromatic nitrogens is 5. The molecule has 1 aliphatic rings. The molecule has 0 bridgehead atoms. The van der Waals surface area contributed by atoms with Crippen LogP contribution in [0.1, 0.15) is 0 Å². The molecule has 0 spiro atoms. The average molecular weight is 341 g/mol. The summed E-state index contributed by atoms with van der Waals surface area (Å²) in [7, 11) is 3.85. The van der Waals surface area contributed by atoms with E-state index in [-0.39, 0.29) is 0 Å². The third-order valence-corrected chi connectivity index (χ3v) is 4.64.